The molecule has 2 rings (SSSR count). The van der Waals surface area contributed by atoms with Crippen molar-refractivity contribution in [2.24, 2.45) is 0 Å². The zero-order valence-electron chi connectivity index (χ0n) is 14.0. The van der Waals surface area contributed by atoms with Crippen LogP contribution in [-0.2, 0) is 9.53 Å². The molecule has 0 bridgehead atoms. The summed E-state index contributed by atoms with van der Waals surface area (Å²) in [7, 11) is 1.33. The lowest BCUT2D eigenvalue weighted by atomic mass is 10.2. The lowest BCUT2D eigenvalue weighted by Gasteiger charge is -2.17. The van der Waals surface area contributed by atoms with Crippen LogP contribution in [0.15, 0.2) is 48.5 Å². The highest BCUT2D eigenvalue weighted by molar-refractivity contribution is 5.95. The molecule has 0 aliphatic heterocycles. The third-order valence-electron chi connectivity index (χ3n) is 3.50. The molecule has 0 unspecified atom stereocenters. The van der Waals surface area contributed by atoms with E-state index >= 15 is 0 Å². The van der Waals surface area contributed by atoms with Crippen molar-refractivity contribution in [3.63, 3.8) is 0 Å². The van der Waals surface area contributed by atoms with Crippen molar-refractivity contribution >= 4 is 17.6 Å². The first kappa shape index (κ1) is 17.5. The van der Waals surface area contributed by atoms with Crippen molar-refractivity contribution in [3.8, 4) is 5.75 Å². The molecule has 1 N–H and O–H groups in total. The standard InChI is InChI=1S/C19H21NO4/c1-4-17(24-16-7-5-6-13(2)12-16)18(21)20-15-10-8-14(9-11-15)19(22)23-3/h5-12,17H,4H2,1-3H3,(H,20,21)/t17-/m1/s1. The number of rotatable bonds is 6. The van der Waals surface area contributed by atoms with E-state index in [-0.39, 0.29) is 5.91 Å². The highest BCUT2D eigenvalue weighted by Gasteiger charge is 2.18. The van der Waals surface area contributed by atoms with E-state index in [1.54, 1.807) is 24.3 Å². The monoisotopic (exact) mass is 327 g/mol. The summed E-state index contributed by atoms with van der Waals surface area (Å²) in [5.74, 6) is 0.0185. The molecule has 2 aromatic rings. The second-order valence-corrected chi connectivity index (χ2v) is 5.39. The maximum absolute atomic E-state index is 12.4. The molecule has 5 heteroatoms. The maximum Gasteiger partial charge on any atom is 0.337 e. The Kier molecular flexibility index (Phi) is 5.95. The summed E-state index contributed by atoms with van der Waals surface area (Å²) in [6, 6.07) is 14.1. The maximum atomic E-state index is 12.4. The van der Waals surface area contributed by atoms with Crippen molar-refractivity contribution in [2.75, 3.05) is 12.4 Å². The number of benzene rings is 2. The quantitative estimate of drug-likeness (QED) is 0.824. The Bertz CT molecular complexity index is 710. The van der Waals surface area contributed by atoms with Crippen LogP contribution in [0.1, 0.15) is 29.3 Å². The number of nitrogens with one attached hydrogen (secondary N) is 1. The van der Waals surface area contributed by atoms with E-state index in [2.05, 4.69) is 10.1 Å². The van der Waals surface area contributed by atoms with Gasteiger partial charge in [-0.1, -0.05) is 19.1 Å². The molecule has 0 aliphatic carbocycles. The second-order valence-electron chi connectivity index (χ2n) is 5.39. The number of carbonyl (C=O) groups excluding carboxylic acids is 2. The van der Waals surface area contributed by atoms with Crippen LogP contribution in [0.3, 0.4) is 0 Å². The predicted octanol–water partition coefficient (Wildman–Crippen LogP) is 3.58. The van der Waals surface area contributed by atoms with E-state index in [1.165, 1.54) is 7.11 Å². The first-order valence-electron chi connectivity index (χ1n) is 7.76. The molecular formula is C19H21NO4. The van der Waals surface area contributed by atoms with Gasteiger partial charge in [0.05, 0.1) is 12.7 Å². The molecule has 2 aromatic carbocycles. The third kappa shape index (κ3) is 4.59. The van der Waals surface area contributed by atoms with Gasteiger partial charge in [0.15, 0.2) is 6.10 Å². The van der Waals surface area contributed by atoms with Gasteiger partial charge < -0.3 is 14.8 Å². The van der Waals surface area contributed by atoms with Crippen molar-refractivity contribution < 1.29 is 19.1 Å². The lowest BCUT2D eigenvalue weighted by molar-refractivity contribution is -0.122. The molecule has 0 aliphatic rings. The third-order valence-corrected chi connectivity index (χ3v) is 3.50. The molecule has 24 heavy (non-hydrogen) atoms. The zero-order valence-corrected chi connectivity index (χ0v) is 14.0. The Labute approximate surface area is 141 Å². The number of anilines is 1. The summed E-state index contributed by atoms with van der Waals surface area (Å²) >= 11 is 0. The first-order chi connectivity index (χ1) is 11.5. The molecule has 0 heterocycles. The molecule has 0 saturated carbocycles. The van der Waals surface area contributed by atoms with Gasteiger partial charge in [0, 0.05) is 5.69 Å². The summed E-state index contributed by atoms with van der Waals surface area (Å²) in [6.07, 6.45) is -0.0490. The highest BCUT2D eigenvalue weighted by atomic mass is 16.5. The minimum atomic E-state index is -0.591. The summed E-state index contributed by atoms with van der Waals surface area (Å²) in [4.78, 5) is 23.8. The molecule has 0 spiro atoms. The van der Waals surface area contributed by atoms with E-state index in [1.807, 2.05) is 38.1 Å². The average Bonchev–Trinajstić information content (AvgIpc) is 2.59. The summed E-state index contributed by atoms with van der Waals surface area (Å²) in [5, 5.41) is 2.80. The van der Waals surface area contributed by atoms with Crippen LogP contribution < -0.4 is 10.1 Å². The Morgan fingerprint density at radius 3 is 2.42 bits per heavy atom. The van der Waals surface area contributed by atoms with Gasteiger partial charge in [-0.25, -0.2) is 4.79 Å². The normalized spacial score (nSPS) is 11.5. The molecule has 0 aromatic heterocycles. The van der Waals surface area contributed by atoms with Crippen LogP contribution in [0.5, 0.6) is 5.75 Å². The van der Waals surface area contributed by atoms with Crippen molar-refractivity contribution in [2.45, 2.75) is 26.4 Å². The van der Waals surface area contributed by atoms with E-state index in [0.717, 1.165) is 5.56 Å². The Morgan fingerprint density at radius 1 is 1.12 bits per heavy atom. The predicted molar refractivity (Wildman–Crippen MR) is 92.3 cm³/mol. The number of carbonyl (C=O) groups is 2. The van der Waals surface area contributed by atoms with Gasteiger partial charge in [0.1, 0.15) is 5.75 Å². The molecule has 0 radical (unpaired) electrons. The van der Waals surface area contributed by atoms with Gasteiger partial charge in [-0.15, -0.1) is 0 Å². The summed E-state index contributed by atoms with van der Waals surface area (Å²) in [5.41, 5.74) is 2.10. The van der Waals surface area contributed by atoms with Crippen LogP contribution in [0, 0.1) is 6.92 Å². The smallest absolute Gasteiger partial charge is 0.337 e. The van der Waals surface area contributed by atoms with E-state index in [9.17, 15) is 9.59 Å². The Hall–Kier alpha value is -2.82. The zero-order chi connectivity index (χ0) is 17.5. The number of hydrogen-bond donors (Lipinski definition) is 1. The van der Waals surface area contributed by atoms with Gasteiger partial charge in [-0.3, -0.25) is 4.79 Å². The number of ether oxygens (including phenoxy) is 2. The molecule has 0 saturated heterocycles. The fourth-order valence-corrected chi connectivity index (χ4v) is 2.21. The molecule has 1 amide bonds. The van der Waals surface area contributed by atoms with Gasteiger partial charge >= 0.3 is 5.97 Å². The van der Waals surface area contributed by atoms with Crippen molar-refractivity contribution in [1.29, 1.82) is 0 Å². The van der Waals surface area contributed by atoms with Crippen LogP contribution in [0.25, 0.3) is 0 Å². The molecular weight excluding hydrogens is 306 g/mol. The van der Waals surface area contributed by atoms with E-state index in [0.29, 0.717) is 23.4 Å². The number of hydrogen-bond acceptors (Lipinski definition) is 4. The topological polar surface area (TPSA) is 64.6 Å². The van der Waals surface area contributed by atoms with E-state index in [4.69, 9.17) is 4.74 Å². The van der Waals surface area contributed by atoms with Gasteiger partial charge in [-0.05, 0) is 55.3 Å². The highest BCUT2D eigenvalue weighted by Crippen LogP contribution is 2.17. The number of methoxy groups -OCH3 is 1. The van der Waals surface area contributed by atoms with Gasteiger partial charge in [0.25, 0.3) is 5.91 Å². The largest absolute Gasteiger partial charge is 0.481 e. The Morgan fingerprint density at radius 2 is 1.83 bits per heavy atom. The van der Waals surface area contributed by atoms with Crippen LogP contribution in [-0.4, -0.2) is 25.1 Å². The van der Waals surface area contributed by atoms with Crippen molar-refractivity contribution in [3.05, 3.63) is 59.7 Å². The van der Waals surface area contributed by atoms with Crippen LogP contribution >= 0.6 is 0 Å². The van der Waals surface area contributed by atoms with Gasteiger partial charge in [0.2, 0.25) is 0 Å². The van der Waals surface area contributed by atoms with E-state index < -0.39 is 12.1 Å². The average molecular weight is 327 g/mol. The number of amides is 1. The number of esters is 1. The minimum absolute atomic E-state index is 0.232. The van der Waals surface area contributed by atoms with Crippen molar-refractivity contribution in [1.82, 2.24) is 0 Å². The fraction of sp³-hybridized carbons (Fsp3) is 0.263. The Balaban J connectivity index is 2.02. The summed E-state index contributed by atoms with van der Waals surface area (Å²) < 4.78 is 10.4. The van der Waals surface area contributed by atoms with Crippen LogP contribution in [0.2, 0.25) is 0 Å². The molecule has 1 atom stereocenters. The fourth-order valence-electron chi connectivity index (χ4n) is 2.21. The lowest BCUT2D eigenvalue weighted by Crippen LogP contribution is -2.32. The number of aryl methyl sites for hydroxylation is 1. The molecule has 0 fully saturated rings. The minimum Gasteiger partial charge on any atom is -0.481 e. The molecule has 5 nitrogen and oxygen atoms in total. The molecule has 126 valence electrons. The summed E-state index contributed by atoms with van der Waals surface area (Å²) in [6.45, 7) is 3.86. The second kappa shape index (κ2) is 8.15. The van der Waals surface area contributed by atoms with Gasteiger partial charge in [-0.2, -0.15) is 0 Å². The SMILES string of the molecule is CC[C@@H](Oc1cccc(C)c1)C(=O)Nc1ccc(C(=O)OC)cc1. The first-order valence-corrected chi connectivity index (χ1v) is 7.76. The van der Waals surface area contributed by atoms with Crippen LogP contribution in [0.4, 0.5) is 5.69 Å².